The van der Waals surface area contributed by atoms with Crippen LogP contribution in [0.4, 0.5) is 6.01 Å². The van der Waals surface area contributed by atoms with Crippen LogP contribution in [0.2, 0.25) is 0 Å². The molecule has 0 aliphatic rings. The van der Waals surface area contributed by atoms with E-state index in [0.717, 1.165) is 0 Å². The van der Waals surface area contributed by atoms with E-state index in [-0.39, 0.29) is 17.7 Å². The number of rotatable bonds is 3. The lowest BCUT2D eigenvalue weighted by molar-refractivity contribution is 0.0985. The third kappa shape index (κ3) is 2.20. The molecule has 0 radical (unpaired) electrons. The second-order valence-corrected chi connectivity index (χ2v) is 3.62. The van der Waals surface area contributed by atoms with E-state index in [1.807, 2.05) is 0 Å². The molecule has 96 valence electrons. The SMILES string of the molecule is Cn1ccc(-c2nnc(NC(=O)c3ccno3)o2)n1. The molecule has 3 aromatic rings. The average molecular weight is 260 g/mol. The van der Waals surface area contributed by atoms with Crippen molar-refractivity contribution < 1.29 is 13.7 Å². The Kier molecular flexibility index (Phi) is 2.56. The molecule has 0 saturated carbocycles. The minimum atomic E-state index is -0.520. The highest BCUT2D eigenvalue weighted by molar-refractivity contribution is 6.00. The van der Waals surface area contributed by atoms with E-state index in [1.54, 1.807) is 24.0 Å². The van der Waals surface area contributed by atoms with Gasteiger partial charge in [-0.25, -0.2) is 0 Å². The highest BCUT2D eigenvalue weighted by Gasteiger charge is 2.15. The number of anilines is 1. The Morgan fingerprint density at radius 2 is 2.26 bits per heavy atom. The van der Waals surface area contributed by atoms with Gasteiger partial charge >= 0.3 is 6.01 Å². The number of carbonyl (C=O) groups excluding carboxylic acids is 1. The fraction of sp³-hybridized carbons (Fsp3) is 0.100. The van der Waals surface area contributed by atoms with Crippen molar-refractivity contribution in [3.63, 3.8) is 0 Å². The number of amides is 1. The fourth-order valence-corrected chi connectivity index (χ4v) is 1.40. The summed E-state index contributed by atoms with van der Waals surface area (Å²) in [4.78, 5) is 11.6. The monoisotopic (exact) mass is 260 g/mol. The van der Waals surface area contributed by atoms with E-state index in [2.05, 4.69) is 25.8 Å². The molecule has 0 aliphatic carbocycles. The molecule has 0 bridgehead atoms. The summed E-state index contributed by atoms with van der Waals surface area (Å²) in [6.45, 7) is 0. The second-order valence-electron chi connectivity index (χ2n) is 3.62. The standard InChI is InChI=1S/C10H8N6O3/c1-16-5-3-6(15-16)9-13-14-10(18-9)12-8(17)7-2-4-11-19-7/h2-5H,1H3,(H,12,14,17). The smallest absolute Gasteiger partial charge is 0.322 e. The predicted molar refractivity (Wildman–Crippen MR) is 61.0 cm³/mol. The molecule has 0 spiro atoms. The Balaban J connectivity index is 1.77. The number of aromatic nitrogens is 5. The summed E-state index contributed by atoms with van der Waals surface area (Å²) in [5, 5.41) is 17.4. The highest BCUT2D eigenvalue weighted by Crippen LogP contribution is 2.17. The van der Waals surface area contributed by atoms with E-state index in [9.17, 15) is 4.79 Å². The van der Waals surface area contributed by atoms with E-state index in [1.165, 1.54) is 12.3 Å². The first-order valence-electron chi connectivity index (χ1n) is 5.28. The summed E-state index contributed by atoms with van der Waals surface area (Å²) in [5.74, 6) is -0.250. The third-order valence-corrected chi connectivity index (χ3v) is 2.24. The molecule has 0 saturated heterocycles. The Labute approximate surface area is 106 Å². The maximum atomic E-state index is 11.6. The van der Waals surface area contributed by atoms with Gasteiger partial charge in [0.25, 0.3) is 11.8 Å². The zero-order valence-corrected chi connectivity index (χ0v) is 9.77. The van der Waals surface area contributed by atoms with Crippen LogP contribution in [0.3, 0.4) is 0 Å². The number of hydrogen-bond donors (Lipinski definition) is 1. The minimum Gasteiger partial charge on any atom is -0.401 e. The van der Waals surface area contributed by atoms with Gasteiger partial charge in [-0.2, -0.15) is 5.10 Å². The Hall–Kier alpha value is -2.97. The van der Waals surface area contributed by atoms with Crippen LogP contribution in [0.1, 0.15) is 10.6 Å². The number of nitrogens with one attached hydrogen (secondary N) is 1. The molecule has 1 N–H and O–H groups in total. The number of nitrogens with zero attached hydrogens (tertiary/aromatic N) is 5. The molecule has 9 heteroatoms. The minimum absolute atomic E-state index is 0.0398. The van der Waals surface area contributed by atoms with Crippen molar-refractivity contribution in [1.29, 1.82) is 0 Å². The molecule has 0 aliphatic heterocycles. The molecule has 3 heterocycles. The summed E-state index contributed by atoms with van der Waals surface area (Å²) in [5.41, 5.74) is 0.523. The largest absolute Gasteiger partial charge is 0.401 e. The van der Waals surface area contributed by atoms with Crippen LogP contribution in [0.15, 0.2) is 33.5 Å². The zero-order chi connectivity index (χ0) is 13.2. The number of hydrogen-bond acceptors (Lipinski definition) is 7. The molecule has 1 amide bonds. The summed E-state index contributed by atoms with van der Waals surface area (Å²) >= 11 is 0. The van der Waals surface area contributed by atoms with Gasteiger partial charge in [0.2, 0.25) is 5.76 Å². The van der Waals surface area contributed by atoms with Crippen LogP contribution in [0, 0.1) is 0 Å². The van der Waals surface area contributed by atoms with Gasteiger partial charge in [0.15, 0.2) is 0 Å². The summed E-state index contributed by atoms with van der Waals surface area (Å²) in [6.07, 6.45) is 3.11. The van der Waals surface area contributed by atoms with Crippen LogP contribution in [-0.4, -0.2) is 31.0 Å². The van der Waals surface area contributed by atoms with Gasteiger partial charge in [-0.1, -0.05) is 10.3 Å². The molecule has 0 unspecified atom stereocenters. The van der Waals surface area contributed by atoms with Crippen LogP contribution >= 0.6 is 0 Å². The Morgan fingerprint density at radius 3 is 2.95 bits per heavy atom. The van der Waals surface area contributed by atoms with Crippen molar-refractivity contribution in [2.45, 2.75) is 0 Å². The van der Waals surface area contributed by atoms with Gasteiger partial charge in [0.05, 0.1) is 6.20 Å². The second kappa shape index (κ2) is 4.37. The molecular formula is C10H8N6O3. The topological polar surface area (TPSA) is 112 Å². The van der Waals surface area contributed by atoms with Crippen molar-refractivity contribution in [2.24, 2.45) is 7.05 Å². The molecule has 3 aromatic heterocycles. The zero-order valence-electron chi connectivity index (χ0n) is 9.77. The normalized spacial score (nSPS) is 10.6. The summed E-state index contributed by atoms with van der Waals surface area (Å²) in [6, 6.07) is 3.10. The highest BCUT2D eigenvalue weighted by atomic mass is 16.5. The van der Waals surface area contributed by atoms with Gasteiger partial charge in [0, 0.05) is 19.3 Å². The van der Waals surface area contributed by atoms with Crippen LogP contribution in [-0.2, 0) is 7.05 Å². The predicted octanol–water partition coefficient (Wildman–Crippen LogP) is 0.710. The molecule has 19 heavy (non-hydrogen) atoms. The molecule has 0 fully saturated rings. The summed E-state index contributed by atoms with van der Waals surface area (Å²) < 4.78 is 11.6. The van der Waals surface area contributed by atoms with Crippen molar-refractivity contribution in [3.05, 3.63) is 30.3 Å². The van der Waals surface area contributed by atoms with Crippen molar-refractivity contribution in [2.75, 3.05) is 5.32 Å². The van der Waals surface area contributed by atoms with E-state index >= 15 is 0 Å². The van der Waals surface area contributed by atoms with Gasteiger partial charge in [-0.3, -0.25) is 14.8 Å². The number of carbonyl (C=O) groups is 1. The van der Waals surface area contributed by atoms with Gasteiger partial charge in [-0.05, 0) is 6.07 Å². The van der Waals surface area contributed by atoms with Crippen molar-refractivity contribution >= 4 is 11.9 Å². The Bertz CT molecular complexity index is 699. The number of aryl methyl sites for hydroxylation is 1. The average Bonchev–Trinajstić information content (AvgIpc) is 3.07. The van der Waals surface area contributed by atoms with E-state index in [0.29, 0.717) is 5.69 Å². The first-order valence-corrected chi connectivity index (χ1v) is 5.28. The first kappa shape index (κ1) is 11.1. The van der Waals surface area contributed by atoms with E-state index < -0.39 is 5.91 Å². The molecular weight excluding hydrogens is 252 g/mol. The van der Waals surface area contributed by atoms with Gasteiger partial charge in [-0.15, -0.1) is 5.10 Å². The quantitative estimate of drug-likeness (QED) is 0.737. The molecule has 0 atom stereocenters. The lowest BCUT2D eigenvalue weighted by Gasteiger charge is -1.94. The summed E-state index contributed by atoms with van der Waals surface area (Å²) in [7, 11) is 1.77. The van der Waals surface area contributed by atoms with Crippen LogP contribution in [0.5, 0.6) is 0 Å². The molecule has 0 aromatic carbocycles. The molecule has 3 rings (SSSR count). The van der Waals surface area contributed by atoms with Gasteiger partial charge in [0.1, 0.15) is 5.69 Å². The van der Waals surface area contributed by atoms with Gasteiger partial charge < -0.3 is 8.94 Å². The third-order valence-electron chi connectivity index (χ3n) is 2.24. The lowest BCUT2D eigenvalue weighted by atomic mass is 10.4. The molecule has 9 nitrogen and oxygen atoms in total. The van der Waals surface area contributed by atoms with Crippen LogP contribution in [0.25, 0.3) is 11.6 Å². The fourth-order valence-electron chi connectivity index (χ4n) is 1.40. The van der Waals surface area contributed by atoms with Crippen LogP contribution < -0.4 is 5.32 Å². The van der Waals surface area contributed by atoms with Crippen molar-refractivity contribution in [3.8, 4) is 11.6 Å². The Morgan fingerprint density at radius 1 is 1.37 bits per heavy atom. The maximum absolute atomic E-state index is 11.6. The maximum Gasteiger partial charge on any atom is 0.322 e. The first-order chi connectivity index (χ1) is 9.22. The van der Waals surface area contributed by atoms with Crippen molar-refractivity contribution in [1.82, 2.24) is 25.1 Å². The lowest BCUT2D eigenvalue weighted by Crippen LogP contribution is -2.11. The van der Waals surface area contributed by atoms with E-state index in [4.69, 9.17) is 8.94 Å².